The van der Waals surface area contributed by atoms with Gasteiger partial charge < -0.3 is 0 Å². The van der Waals surface area contributed by atoms with Crippen LogP contribution in [0.2, 0.25) is 0 Å². The quantitative estimate of drug-likeness (QED) is 0.611. The summed E-state index contributed by atoms with van der Waals surface area (Å²) in [7, 11) is -1.47. The number of rotatable bonds is 5. The van der Waals surface area contributed by atoms with Gasteiger partial charge in [-0.25, -0.2) is 0 Å². The fourth-order valence-electron chi connectivity index (χ4n) is 4.70. The second kappa shape index (κ2) is 7.25. The molecule has 0 N–H and O–H groups in total. The second-order valence-electron chi connectivity index (χ2n) is 6.41. The molecule has 0 aromatic rings. The van der Waals surface area contributed by atoms with E-state index >= 15 is 0 Å². The summed E-state index contributed by atoms with van der Waals surface area (Å²) in [6, 6.07) is 0. The molecule has 0 aliphatic heterocycles. The Morgan fingerprint density at radius 1 is 0.778 bits per heavy atom. The van der Waals surface area contributed by atoms with Gasteiger partial charge in [0.2, 0.25) is 0 Å². The summed E-state index contributed by atoms with van der Waals surface area (Å²) in [5, 5.41) is 0. The summed E-state index contributed by atoms with van der Waals surface area (Å²) < 4.78 is 6.60. The number of hydrogen-bond donors (Lipinski definition) is 0. The van der Waals surface area contributed by atoms with Gasteiger partial charge in [0, 0.05) is 0 Å². The molecule has 2 rings (SSSR count). The zero-order valence-corrected chi connectivity index (χ0v) is 13.5. The summed E-state index contributed by atoms with van der Waals surface area (Å²) in [5.74, 6) is 0. The Labute approximate surface area is 114 Å². The standard InChI is InChI=1S/C16H33OP/c1-3-17-18(4-2,15-11-7-5-8-12-15)16-13-9-6-10-14-16/h15-16,18H,3-14H2,1-2H3. The van der Waals surface area contributed by atoms with Crippen molar-refractivity contribution >= 4 is 7.49 Å². The molecule has 0 spiro atoms. The minimum atomic E-state index is -1.47. The van der Waals surface area contributed by atoms with Crippen molar-refractivity contribution in [2.45, 2.75) is 89.4 Å². The molecule has 2 heteroatoms. The molecule has 0 bridgehead atoms. The molecular formula is C16H33OP. The van der Waals surface area contributed by atoms with Crippen LogP contribution in [0.3, 0.4) is 0 Å². The van der Waals surface area contributed by atoms with Crippen LogP contribution in [-0.4, -0.2) is 24.1 Å². The summed E-state index contributed by atoms with van der Waals surface area (Å²) in [6.07, 6.45) is 16.1. The Hall–Kier alpha value is 0.390. The molecule has 2 aliphatic rings. The first-order valence-corrected chi connectivity index (χ1v) is 10.7. The zero-order chi connectivity index (χ0) is 12.8. The fourth-order valence-corrected chi connectivity index (χ4v) is 10.5. The Morgan fingerprint density at radius 3 is 1.56 bits per heavy atom. The molecule has 0 aromatic heterocycles. The van der Waals surface area contributed by atoms with Crippen molar-refractivity contribution < 1.29 is 4.52 Å². The van der Waals surface area contributed by atoms with Crippen molar-refractivity contribution in [1.29, 1.82) is 0 Å². The summed E-state index contributed by atoms with van der Waals surface area (Å²) in [5.41, 5.74) is 1.97. The molecule has 0 amide bonds. The zero-order valence-electron chi connectivity index (χ0n) is 12.5. The van der Waals surface area contributed by atoms with E-state index < -0.39 is 7.49 Å². The van der Waals surface area contributed by atoms with Gasteiger partial charge in [0.15, 0.2) is 0 Å². The maximum absolute atomic E-state index is 6.60. The van der Waals surface area contributed by atoms with E-state index in [1.54, 1.807) is 0 Å². The molecule has 0 atom stereocenters. The third-order valence-corrected chi connectivity index (χ3v) is 11.4. The third kappa shape index (κ3) is 3.10. The second-order valence-corrected chi connectivity index (χ2v) is 11.0. The minimum absolute atomic E-state index is 0.965. The molecule has 0 saturated heterocycles. The average Bonchev–Trinajstić information content (AvgIpc) is 2.47. The van der Waals surface area contributed by atoms with Crippen LogP contribution < -0.4 is 0 Å². The van der Waals surface area contributed by atoms with Crippen molar-refractivity contribution in [1.82, 2.24) is 0 Å². The van der Waals surface area contributed by atoms with E-state index in [0.29, 0.717) is 0 Å². The first kappa shape index (κ1) is 14.8. The summed E-state index contributed by atoms with van der Waals surface area (Å²) >= 11 is 0. The van der Waals surface area contributed by atoms with Gasteiger partial charge in [-0.2, -0.15) is 0 Å². The molecule has 0 unspecified atom stereocenters. The van der Waals surface area contributed by atoms with Gasteiger partial charge in [-0.05, 0) is 0 Å². The van der Waals surface area contributed by atoms with E-state index in [-0.39, 0.29) is 0 Å². The van der Waals surface area contributed by atoms with Crippen LogP contribution in [0.5, 0.6) is 0 Å². The van der Waals surface area contributed by atoms with E-state index in [1.165, 1.54) is 70.4 Å². The summed E-state index contributed by atoms with van der Waals surface area (Å²) in [6.45, 7) is 5.63. The molecule has 0 radical (unpaired) electrons. The summed E-state index contributed by atoms with van der Waals surface area (Å²) in [4.78, 5) is 0. The van der Waals surface area contributed by atoms with Crippen LogP contribution >= 0.6 is 7.49 Å². The fraction of sp³-hybridized carbons (Fsp3) is 1.00. The molecule has 18 heavy (non-hydrogen) atoms. The van der Waals surface area contributed by atoms with Crippen molar-refractivity contribution in [3.8, 4) is 0 Å². The Kier molecular flexibility index (Phi) is 5.96. The van der Waals surface area contributed by atoms with Crippen molar-refractivity contribution in [2.75, 3.05) is 12.8 Å². The predicted octanol–water partition coefficient (Wildman–Crippen LogP) is 5.37. The van der Waals surface area contributed by atoms with Crippen LogP contribution in [0.15, 0.2) is 0 Å². The van der Waals surface area contributed by atoms with E-state index in [9.17, 15) is 0 Å². The van der Waals surface area contributed by atoms with Crippen LogP contribution in [0.25, 0.3) is 0 Å². The van der Waals surface area contributed by atoms with Crippen molar-refractivity contribution in [2.24, 2.45) is 0 Å². The predicted molar refractivity (Wildman–Crippen MR) is 84.2 cm³/mol. The van der Waals surface area contributed by atoms with Crippen molar-refractivity contribution in [3.05, 3.63) is 0 Å². The topological polar surface area (TPSA) is 9.23 Å². The molecular weight excluding hydrogens is 239 g/mol. The molecule has 0 heterocycles. The molecule has 2 aliphatic carbocycles. The average molecular weight is 272 g/mol. The normalized spacial score (nSPS) is 25.2. The molecule has 2 saturated carbocycles. The maximum atomic E-state index is 6.60. The van der Waals surface area contributed by atoms with Gasteiger partial charge in [0.25, 0.3) is 0 Å². The Bertz CT molecular complexity index is 211. The van der Waals surface area contributed by atoms with Gasteiger partial charge in [0.1, 0.15) is 0 Å². The van der Waals surface area contributed by atoms with Crippen molar-refractivity contribution in [3.63, 3.8) is 0 Å². The molecule has 0 aromatic carbocycles. The van der Waals surface area contributed by atoms with E-state index in [2.05, 4.69) is 13.8 Å². The van der Waals surface area contributed by atoms with Gasteiger partial charge in [-0.1, -0.05) is 0 Å². The van der Waals surface area contributed by atoms with E-state index in [4.69, 9.17) is 4.52 Å². The van der Waals surface area contributed by atoms with E-state index in [0.717, 1.165) is 17.9 Å². The first-order valence-electron chi connectivity index (χ1n) is 8.47. The SMILES string of the molecule is CCO[PH](CC)(C1CCCCC1)C1CCCCC1. The molecule has 1 nitrogen and oxygen atoms in total. The van der Waals surface area contributed by atoms with Gasteiger partial charge in [-0.3, -0.25) is 0 Å². The monoisotopic (exact) mass is 272 g/mol. The van der Waals surface area contributed by atoms with Gasteiger partial charge in [0.05, 0.1) is 0 Å². The van der Waals surface area contributed by atoms with E-state index in [1.807, 2.05) is 0 Å². The third-order valence-electron chi connectivity index (χ3n) is 5.56. The van der Waals surface area contributed by atoms with Crippen LogP contribution in [-0.2, 0) is 4.52 Å². The molecule has 108 valence electrons. The Morgan fingerprint density at radius 2 is 1.22 bits per heavy atom. The molecule has 2 fully saturated rings. The van der Waals surface area contributed by atoms with Crippen LogP contribution in [0.4, 0.5) is 0 Å². The first-order chi connectivity index (χ1) is 8.83. The van der Waals surface area contributed by atoms with Crippen LogP contribution in [0.1, 0.15) is 78.1 Å². The van der Waals surface area contributed by atoms with Crippen LogP contribution in [0, 0.1) is 0 Å². The number of hydrogen-bond acceptors (Lipinski definition) is 1. The Balaban J connectivity index is 2.13. The van der Waals surface area contributed by atoms with Gasteiger partial charge in [-0.15, -0.1) is 0 Å². The van der Waals surface area contributed by atoms with Gasteiger partial charge >= 0.3 is 114 Å².